The quantitative estimate of drug-likeness (QED) is 0.725. The molecule has 0 spiro atoms. The Hall–Kier alpha value is -1.57. The number of aryl methyl sites for hydroxylation is 1. The molecule has 0 unspecified atom stereocenters. The van der Waals surface area contributed by atoms with Crippen LogP contribution in [0.1, 0.15) is 23.7 Å². The van der Waals surface area contributed by atoms with Crippen LogP contribution in [0.4, 0.5) is 0 Å². The molecule has 2 aromatic rings. The summed E-state index contributed by atoms with van der Waals surface area (Å²) in [5, 5.41) is 0. The SMILES string of the molecule is c1ccc(C[C@@H]2CCn3ccnc32)cc1. The van der Waals surface area contributed by atoms with E-state index in [-0.39, 0.29) is 0 Å². The van der Waals surface area contributed by atoms with Gasteiger partial charge < -0.3 is 4.57 Å². The summed E-state index contributed by atoms with van der Waals surface area (Å²) in [6.07, 6.45) is 6.35. The summed E-state index contributed by atoms with van der Waals surface area (Å²) >= 11 is 0. The zero-order valence-corrected chi connectivity index (χ0v) is 8.63. The molecule has 0 bridgehead atoms. The summed E-state index contributed by atoms with van der Waals surface area (Å²) in [6, 6.07) is 10.7. The van der Waals surface area contributed by atoms with Crippen LogP contribution >= 0.6 is 0 Å². The van der Waals surface area contributed by atoms with Gasteiger partial charge in [0.05, 0.1) is 0 Å². The molecule has 15 heavy (non-hydrogen) atoms. The number of rotatable bonds is 2. The highest BCUT2D eigenvalue weighted by Crippen LogP contribution is 2.29. The molecule has 2 heteroatoms. The van der Waals surface area contributed by atoms with E-state index in [0.29, 0.717) is 5.92 Å². The van der Waals surface area contributed by atoms with Gasteiger partial charge in [-0.15, -0.1) is 0 Å². The Bertz CT molecular complexity index is 445. The van der Waals surface area contributed by atoms with Crippen molar-refractivity contribution in [1.82, 2.24) is 9.55 Å². The number of imidazole rings is 1. The molecule has 0 fully saturated rings. The van der Waals surface area contributed by atoms with Gasteiger partial charge in [0, 0.05) is 24.9 Å². The zero-order valence-electron chi connectivity index (χ0n) is 8.63. The maximum absolute atomic E-state index is 4.44. The van der Waals surface area contributed by atoms with Crippen LogP contribution < -0.4 is 0 Å². The lowest BCUT2D eigenvalue weighted by atomic mass is 9.98. The highest BCUT2D eigenvalue weighted by Gasteiger charge is 2.23. The summed E-state index contributed by atoms with van der Waals surface area (Å²) in [5.74, 6) is 1.88. The molecule has 0 saturated carbocycles. The van der Waals surface area contributed by atoms with Crippen LogP contribution in [0.2, 0.25) is 0 Å². The largest absolute Gasteiger partial charge is 0.335 e. The van der Waals surface area contributed by atoms with E-state index in [0.717, 1.165) is 13.0 Å². The van der Waals surface area contributed by atoms with Gasteiger partial charge in [-0.25, -0.2) is 4.98 Å². The minimum absolute atomic E-state index is 0.613. The Morgan fingerprint density at radius 3 is 3.00 bits per heavy atom. The van der Waals surface area contributed by atoms with Crippen LogP contribution in [0.5, 0.6) is 0 Å². The molecule has 1 aromatic heterocycles. The van der Waals surface area contributed by atoms with Gasteiger partial charge >= 0.3 is 0 Å². The van der Waals surface area contributed by atoms with Gasteiger partial charge in [-0.3, -0.25) is 0 Å². The molecular formula is C13H14N2. The Balaban J connectivity index is 1.81. The van der Waals surface area contributed by atoms with Crippen LogP contribution in [0.15, 0.2) is 42.7 Å². The number of fused-ring (bicyclic) bond motifs is 1. The first-order chi connectivity index (χ1) is 7.43. The normalized spacial score (nSPS) is 19.1. The molecule has 76 valence electrons. The second-order valence-electron chi connectivity index (χ2n) is 4.15. The average molecular weight is 198 g/mol. The van der Waals surface area contributed by atoms with Crippen molar-refractivity contribution in [2.45, 2.75) is 25.3 Å². The van der Waals surface area contributed by atoms with E-state index in [4.69, 9.17) is 0 Å². The fourth-order valence-electron chi connectivity index (χ4n) is 2.39. The highest BCUT2D eigenvalue weighted by atomic mass is 15.1. The Morgan fingerprint density at radius 2 is 2.13 bits per heavy atom. The monoisotopic (exact) mass is 198 g/mol. The van der Waals surface area contributed by atoms with Crippen LogP contribution in [0.3, 0.4) is 0 Å². The van der Waals surface area contributed by atoms with E-state index in [9.17, 15) is 0 Å². The third-order valence-corrected chi connectivity index (χ3v) is 3.16. The maximum atomic E-state index is 4.44. The molecular weight excluding hydrogens is 184 g/mol. The first kappa shape index (κ1) is 8.72. The van der Waals surface area contributed by atoms with Crippen molar-refractivity contribution in [3.63, 3.8) is 0 Å². The van der Waals surface area contributed by atoms with Crippen LogP contribution in [0, 0.1) is 0 Å². The molecule has 0 N–H and O–H groups in total. The molecule has 1 atom stereocenters. The molecule has 1 aliphatic heterocycles. The van der Waals surface area contributed by atoms with Crippen molar-refractivity contribution in [1.29, 1.82) is 0 Å². The summed E-state index contributed by atoms with van der Waals surface area (Å²) in [6.45, 7) is 1.13. The molecule has 0 amide bonds. The molecule has 2 nitrogen and oxygen atoms in total. The smallest absolute Gasteiger partial charge is 0.112 e. The molecule has 1 aromatic carbocycles. The first-order valence-corrected chi connectivity index (χ1v) is 5.48. The van der Waals surface area contributed by atoms with Crippen LogP contribution in [-0.4, -0.2) is 9.55 Å². The molecule has 0 aliphatic carbocycles. The summed E-state index contributed by atoms with van der Waals surface area (Å²) in [5.41, 5.74) is 1.42. The third kappa shape index (κ3) is 1.56. The van der Waals surface area contributed by atoms with Gasteiger partial charge in [-0.2, -0.15) is 0 Å². The maximum Gasteiger partial charge on any atom is 0.112 e. The second-order valence-corrected chi connectivity index (χ2v) is 4.15. The van der Waals surface area contributed by atoms with E-state index < -0.39 is 0 Å². The Morgan fingerprint density at radius 1 is 1.27 bits per heavy atom. The number of hydrogen-bond donors (Lipinski definition) is 0. The minimum atomic E-state index is 0.613. The number of benzene rings is 1. The predicted molar refractivity (Wildman–Crippen MR) is 59.7 cm³/mol. The zero-order chi connectivity index (χ0) is 10.1. The third-order valence-electron chi connectivity index (χ3n) is 3.16. The Kier molecular flexibility index (Phi) is 2.05. The first-order valence-electron chi connectivity index (χ1n) is 5.48. The topological polar surface area (TPSA) is 17.8 Å². The molecule has 0 radical (unpaired) electrons. The van der Waals surface area contributed by atoms with E-state index in [1.165, 1.54) is 17.8 Å². The molecule has 1 aliphatic rings. The van der Waals surface area contributed by atoms with E-state index in [2.05, 4.69) is 46.1 Å². The van der Waals surface area contributed by atoms with Crippen molar-refractivity contribution in [2.75, 3.05) is 0 Å². The summed E-state index contributed by atoms with van der Waals surface area (Å²) in [4.78, 5) is 4.44. The number of hydrogen-bond acceptors (Lipinski definition) is 1. The lowest BCUT2D eigenvalue weighted by Gasteiger charge is -2.07. The molecule has 0 saturated heterocycles. The average Bonchev–Trinajstić information content (AvgIpc) is 2.85. The fourth-order valence-corrected chi connectivity index (χ4v) is 2.39. The second kappa shape index (κ2) is 3.54. The van der Waals surface area contributed by atoms with E-state index in [1.807, 2.05) is 6.20 Å². The number of nitrogens with zero attached hydrogens (tertiary/aromatic N) is 2. The van der Waals surface area contributed by atoms with Crippen molar-refractivity contribution in [3.05, 3.63) is 54.1 Å². The van der Waals surface area contributed by atoms with Crippen molar-refractivity contribution in [2.24, 2.45) is 0 Å². The van der Waals surface area contributed by atoms with Crippen molar-refractivity contribution in [3.8, 4) is 0 Å². The standard InChI is InChI=1S/C13H14N2/c1-2-4-11(5-3-1)10-12-6-8-15-9-7-14-13(12)15/h1-5,7,9,12H,6,8,10H2/t12-/m0/s1. The van der Waals surface area contributed by atoms with Gasteiger partial charge in [0.1, 0.15) is 5.82 Å². The van der Waals surface area contributed by atoms with Gasteiger partial charge in [0.25, 0.3) is 0 Å². The summed E-state index contributed by atoms with van der Waals surface area (Å²) < 4.78 is 2.27. The van der Waals surface area contributed by atoms with Crippen LogP contribution in [-0.2, 0) is 13.0 Å². The Labute approximate surface area is 89.6 Å². The van der Waals surface area contributed by atoms with Gasteiger partial charge in [0.2, 0.25) is 0 Å². The lowest BCUT2D eigenvalue weighted by molar-refractivity contribution is 0.650. The summed E-state index contributed by atoms with van der Waals surface area (Å²) in [7, 11) is 0. The highest BCUT2D eigenvalue weighted by molar-refractivity contribution is 5.19. The van der Waals surface area contributed by atoms with Gasteiger partial charge in [-0.1, -0.05) is 30.3 Å². The van der Waals surface area contributed by atoms with Gasteiger partial charge in [-0.05, 0) is 18.4 Å². The minimum Gasteiger partial charge on any atom is -0.335 e. The van der Waals surface area contributed by atoms with Crippen molar-refractivity contribution >= 4 is 0 Å². The van der Waals surface area contributed by atoms with Crippen LogP contribution in [0.25, 0.3) is 0 Å². The number of aromatic nitrogens is 2. The van der Waals surface area contributed by atoms with Gasteiger partial charge in [0.15, 0.2) is 0 Å². The van der Waals surface area contributed by atoms with E-state index >= 15 is 0 Å². The predicted octanol–water partition coefficient (Wildman–Crippen LogP) is 2.61. The van der Waals surface area contributed by atoms with Crippen molar-refractivity contribution < 1.29 is 0 Å². The molecule has 3 rings (SSSR count). The molecule has 2 heterocycles. The van der Waals surface area contributed by atoms with E-state index in [1.54, 1.807) is 0 Å². The lowest BCUT2D eigenvalue weighted by Crippen LogP contribution is -2.00. The fraction of sp³-hybridized carbons (Fsp3) is 0.308.